The average Bonchev–Trinajstić information content (AvgIpc) is 2.66. The van der Waals surface area contributed by atoms with Crippen molar-refractivity contribution in [1.29, 1.82) is 0 Å². The fraction of sp³-hybridized carbons (Fsp3) is 0.727. The standard InChI is InChI=1S/C11H20N2OS/c1-4-10-13-6-9(15-10)5-12-7-11(2,3)8-14/h6,12,14H,4-5,7-8H2,1-3H3. The van der Waals surface area contributed by atoms with Crippen LogP contribution in [0.25, 0.3) is 0 Å². The molecule has 4 heteroatoms. The molecule has 0 amide bonds. The molecule has 0 saturated heterocycles. The van der Waals surface area contributed by atoms with Crippen molar-refractivity contribution in [2.24, 2.45) is 5.41 Å². The average molecular weight is 228 g/mol. The Balaban J connectivity index is 2.31. The Labute approximate surface area is 95.6 Å². The summed E-state index contributed by atoms with van der Waals surface area (Å²) >= 11 is 1.75. The number of hydrogen-bond donors (Lipinski definition) is 2. The molecule has 3 nitrogen and oxygen atoms in total. The van der Waals surface area contributed by atoms with Crippen molar-refractivity contribution >= 4 is 11.3 Å². The lowest BCUT2D eigenvalue weighted by Gasteiger charge is -2.21. The number of aliphatic hydroxyl groups excluding tert-OH is 1. The summed E-state index contributed by atoms with van der Waals surface area (Å²) in [6.07, 6.45) is 2.94. The highest BCUT2D eigenvalue weighted by molar-refractivity contribution is 7.11. The number of aryl methyl sites for hydroxylation is 1. The Morgan fingerprint density at radius 2 is 2.27 bits per heavy atom. The molecular formula is C11H20N2OS. The molecule has 1 rings (SSSR count). The first kappa shape index (κ1) is 12.6. The molecule has 0 spiro atoms. The molecule has 0 bridgehead atoms. The number of aromatic nitrogens is 1. The Bertz CT molecular complexity index is 297. The lowest BCUT2D eigenvalue weighted by atomic mass is 9.95. The maximum Gasteiger partial charge on any atom is 0.0925 e. The van der Waals surface area contributed by atoms with E-state index in [1.807, 2.05) is 20.0 Å². The lowest BCUT2D eigenvalue weighted by molar-refractivity contribution is 0.157. The van der Waals surface area contributed by atoms with E-state index in [4.69, 9.17) is 5.11 Å². The Morgan fingerprint density at radius 3 is 2.80 bits per heavy atom. The minimum absolute atomic E-state index is 0.0434. The van der Waals surface area contributed by atoms with Crippen molar-refractivity contribution in [3.8, 4) is 0 Å². The fourth-order valence-corrected chi connectivity index (χ4v) is 2.01. The highest BCUT2D eigenvalue weighted by atomic mass is 32.1. The quantitative estimate of drug-likeness (QED) is 0.780. The molecule has 0 radical (unpaired) electrons. The highest BCUT2D eigenvalue weighted by Gasteiger charge is 2.15. The van der Waals surface area contributed by atoms with Gasteiger partial charge in [0.25, 0.3) is 0 Å². The number of nitrogens with one attached hydrogen (secondary N) is 1. The molecule has 1 aromatic rings. The van der Waals surface area contributed by atoms with Crippen LogP contribution in [0.1, 0.15) is 30.7 Å². The van der Waals surface area contributed by atoms with Gasteiger partial charge in [-0.15, -0.1) is 11.3 Å². The normalized spacial score (nSPS) is 12.0. The first-order valence-electron chi connectivity index (χ1n) is 5.32. The second kappa shape index (κ2) is 5.58. The molecule has 0 aliphatic carbocycles. The van der Waals surface area contributed by atoms with E-state index in [9.17, 15) is 0 Å². The van der Waals surface area contributed by atoms with Crippen molar-refractivity contribution in [2.75, 3.05) is 13.2 Å². The van der Waals surface area contributed by atoms with Crippen LogP contribution < -0.4 is 5.32 Å². The van der Waals surface area contributed by atoms with Crippen LogP contribution in [0.3, 0.4) is 0 Å². The smallest absolute Gasteiger partial charge is 0.0925 e. The summed E-state index contributed by atoms with van der Waals surface area (Å²) in [5, 5.41) is 13.6. The van der Waals surface area contributed by atoms with Gasteiger partial charge in [-0.2, -0.15) is 0 Å². The summed E-state index contributed by atoms with van der Waals surface area (Å²) in [5.74, 6) is 0. The summed E-state index contributed by atoms with van der Waals surface area (Å²) in [6.45, 7) is 8.09. The SMILES string of the molecule is CCc1ncc(CNCC(C)(C)CO)s1. The number of hydrogen-bond acceptors (Lipinski definition) is 4. The van der Waals surface area contributed by atoms with E-state index in [1.54, 1.807) is 11.3 Å². The van der Waals surface area contributed by atoms with Crippen LogP contribution in [0.5, 0.6) is 0 Å². The lowest BCUT2D eigenvalue weighted by Crippen LogP contribution is -2.31. The number of aliphatic hydroxyl groups is 1. The summed E-state index contributed by atoms with van der Waals surface area (Å²) in [5.41, 5.74) is -0.0434. The molecule has 1 heterocycles. The molecule has 0 unspecified atom stereocenters. The van der Waals surface area contributed by atoms with Gasteiger partial charge in [0.15, 0.2) is 0 Å². The fourth-order valence-electron chi connectivity index (χ4n) is 1.17. The minimum Gasteiger partial charge on any atom is -0.396 e. The molecule has 2 N–H and O–H groups in total. The van der Waals surface area contributed by atoms with Crippen LogP contribution in [0, 0.1) is 5.41 Å². The summed E-state index contributed by atoms with van der Waals surface area (Å²) in [4.78, 5) is 5.56. The van der Waals surface area contributed by atoms with Gasteiger partial charge in [-0.05, 0) is 6.42 Å². The minimum atomic E-state index is -0.0434. The van der Waals surface area contributed by atoms with Crippen molar-refractivity contribution < 1.29 is 5.11 Å². The molecule has 0 aliphatic heterocycles. The van der Waals surface area contributed by atoms with Crippen LogP contribution in [0.4, 0.5) is 0 Å². The second-order valence-corrected chi connectivity index (χ2v) is 5.70. The zero-order valence-electron chi connectivity index (χ0n) is 9.71. The molecule has 0 atom stereocenters. The molecule has 0 aromatic carbocycles. The molecule has 86 valence electrons. The van der Waals surface area contributed by atoms with E-state index < -0.39 is 0 Å². The van der Waals surface area contributed by atoms with Crippen molar-refractivity contribution in [1.82, 2.24) is 10.3 Å². The molecular weight excluding hydrogens is 208 g/mol. The van der Waals surface area contributed by atoms with Crippen LogP contribution in [-0.2, 0) is 13.0 Å². The van der Waals surface area contributed by atoms with Crippen LogP contribution in [-0.4, -0.2) is 23.2 Å². The maximum absolute atomic E-state index is 9.08. The van der Waals surface area contributed by atoms with Gasteiger partial charge in [-0.1, -0.05) is 20.8 Å². The van der Waals surface area contributed by atoms with Crippen LogP contribution >= 0.6 is 11.3 Å². The van der Waals surface area contributed by atoms with Gasteiger partial charge in [0.2, 0.25) is 0 Å². The van der Waals surface area contributed by atoms with E-state index in [1.165, 1.54) is 9.88 Å². The van der Waals surface area contributed by atoms with Gasteiger partial charge in [0.05, 0.1) is 5.01 Å². The third-order valence-electron chi connectivity index (χ3n) is 2.23. The number of rotatable bonds is 6. The van der Waals surface area contributed by atoms with E-state index in [-0.39, 0.29) is 12.0 Å². The van der Waals surface area contributed by atoms with Gasteiger partial charge in [-0.3, -0.25) is 0 Å². The van der Waals surface area contributed by atoms with E-state index in [0.717, 1.165) is 19.5 Å². The van der Waals surface area contributed by atoms with E-state index >= 15 is 0 Å². The highest BCUT2D eigenvalue weighted by Crippen LogP contribution is 2.15. The van der Waals surface area contributed by atoms with Gasteiger partial charge < -0.3 is 10.4 Å². The summed E-state index contributed by atoms with van der Waals surface area (Å²) < 4.78 is 0. The third kappa shape index (κ3) is 4.28. The Hall–Kier alpha value is -0.450. The Kier molecular flexibility index (Phi) is 4.70. The molecule has 15 heavy (non-hydrogen) atoms. The molecule has 0 aliphatic rings. The largest absolute Gasteiger partial charge is 0.396 e. The van der Waals surface area contributed by atoms with Crippen molar-refractivity contribution in [3.63, 3.8) is 0 Å². The summed E-state index contributed by atoms with van der Waals surface area (Å²) in [6, 6.07) is 0. The van der Waals surface area contributed by atoms with E-state index in [0.29, 0.717) is 0 Å². The van der Waals surface area contributed by atoms with Gasteiger partial charge >= 0.3 is 0 Å². The van der Waals surface area contributed by atoms with Crippen molar-refractivity contribution in [3.05, 3.63) is 16.1 Å². The molecule has 0 fully saturated rings. The van der Waals surface area contributed by atoms with Gasteiger partial charge in [0, 0.05) is 36.2 Å². The van der Waals surface area contributed by atoms with Gasteiger partial charge in [0.1, 0.15) is 0 Å². The van der Waals surface area contributed by atoms with Gasteiger partial charge in [-0.25, -0.2) is 4.98 Å². The van der Waals surface area contributed by atoms with Crippen LogP contribution in [0.15, 0.2) is 6.20 Å². The molecule has 0 saturated carbocycles. The number of thiazole rings is 1. The van der Waals surface area contributed by atoms with E-state index in [2.05, 4.69) is 17.2 Å². The predicted octanol–water partition coefficient (Wildman–Crippen LogP) is 1.81. The third-order valence-corrected chi connectivity index (χ3v) is 3.38. The first-order valence-corrected chi connectivity index (χ1v) is 6.14. The molecule has 1 aromatic heterocycles. The second-order valence-electron chi connectivity index (χ2n) is 4.50. The summed E-state index contributed by atoms with van der Waals surface area (Å²) in [7, 11) is 0. The first-order chi connectivity index (χ1) is 7.07. The Morgan fingerprint density at radius 1 is 1.53 bits per heavy atom. The monoisotopic (exact) mass is 228 g/mol. The number of nitrogens with zero attached hydrogens (tertiary/aromatic N) is 1. The zero-order chi connectivity index (χ0) is 11.3. The predicted molar refractivity (Wildman–Crippen MR) is 64.1 cm³/mol. The topological polar surface area (TPSA) is 45.2 Å². The van der Waals surface area contributed by atoms with Crippen LogP contribution in [0.2, 0.25) is 0 Å². The zero-order valence-corrected chi connectivity index (χ0v) is 10.5. The van der Waals surface area contributed by atoms with Crippen molar-refractivity contribution in [2.45, 2.75) is 33.7 Å². The maximum atomic E-state index is 9.08.